The maximum absolute atomic E-state index is 4.54. The molecule has 1 atom stereocenters. The Hall–Kier alpha value is -0.540. The molecule has 1 aliphatic heterocycles. The lowest BCUT2D eigenvalue weighted by Crippen LogP contribution is -2.30. The second kappa shape index (κ2) is 5.87. The van der Waals surface area contributed by atoms with E-state index in [-0.39, 0.29) is 0 Å². The molecule has 1 aromatic rings. The molecule has 0 bridgehead atoms. The highest BCUT2D eigenvalue weighted by molar-refractivity contribution is 7.99. The van der Waals surface area contributed by atoms with Gasteiger partial charge in [-0.15, -0.1) is 11.8 Å². The van der Waals surface area contributed by atoms with Crippen LogP contribution in [0.1, 0.15) is 45.2 Å². The topological polar surface area (TPSA) is 16.1 Å². The van der Waals surface area contributed by atoms with Crippen LogP contribution in [-0.2, 0) is 0 Å². The summed E-state index contributed by atoms with van der Waals surface area (Å²) in [6.07, 6.45) is 4.66. The summed E-state index contributed by atoms with van der Waals surface area (Å²) >= 11 is 1.81. The predicted octanol–water partition coefficient (Wildman–Crippen LogP) is 3.74. The van der Waals surface area contributed by atoms with Crippen molar-refractivity contribution in [1.82, 2.24) is 9.88 Å². The summed E-state index contributed by atoms with van der Waals surface area (Å²) < 4.78 is 0. The Morgan fingerprint density at radius 3 is 2.88 bits per heavy atom. The van der Waals surface area contributed by atoms with Gasteiger partial charge in [0.1, 0.15) is 0 Å². The number of thioether (sulfide) groups is 1. The first-order valence-corrected chi connectivity index (χ1v) is 7.55. The molecule has 1 aliphatic rings. The summed E-state index contributed by atoms with van der Waals surface area (Å²) in [7, 11) is 0. The van der Waals surface area contributed by atoms with Gasteiger partial charge in [0, 0.05) is 18.3 Å². The first-order valence-electron chi connectivity index (χ1n) is 6.57. The fraction of sp³-hybridized carbons (Fsp3) is 0.643. The highest BCUT2D eigenvalue weighted by atomic mass is 32.2. The first kappa shape index (κ1) is 12.9. The molecule has 17 heavy (non-hydrogen) atoms. The molecule has 2 heterocycles. The van der Waals surface area contributed by atoms with Crippen molar-refractivity contribution in [3.8, 4) is 0 Å². The Balaban J connectivity index is 2.11. The molecule has 0 aliphatic carbocycles. The van der Waals surface area contributed by atoms with Gasteiger partial charge in [-0.2, -0.15) is 0 Å². The zero-order chi connectivity index (χ0) is 12.3. The van der Waals surface area contributed by atoms with Gasteiger partial charge in [0.25, 0.3) is 0 Å². The van der Waals surface area contributed by atoms with Crippen molar-refractivity contribution in [3.05, 3.63) is 23.9 Å². The molecule has 1 saturated heterocycles. The van der Waals surface area contributed by atoms with E-state index in [0.717, 1.165) is 10.8 Å². The predicted molar refractivity (Wildman–Crippen MR) is 74.5 cm³/mol. The second-order valence-corrected chi connectivity index (χ2v) is 6.14. The van der Waals surface area contributed by atoms with E-state index in [0.29, 0.717) is 12.1 Å². The Bertz CT molecular complexity index is 348. The van der Waals surface area contributed by atoms with Gasteiger partial charge in [-0.1, -0.05) is 13.0 Å². The molecule has 1 aromatic heterocycles. The second-order valence-electron chi connectivity index (χ2n) is 4.85. The van der Waals surface area contributed by atoms with Crippen LogP contribution < -0.4 is 0 Å². The molecule has 0 amide bonds. The van der Waals surface area contributed by atoms with E-state index in [2.05, 4.69) is 49.0 Å². The van der Waals surface area contributed by atoms with Gasteiger partial charge in [-0.25, -0.2) is 4.98 Å². The van der Waals surface area contributed by atoms with E-state index in [1.165, 1.54) is 24.9 Å². The lowest BCUT2D eigenvalue weighted by molar-refractivity contribution is 0.205. The van der Waals surface area contributed by atoms with Crippen LogP contribution >= 0.6 is 11.8 Å². The number of pyridine rings is 1. The van der Waals surface area contributed by atoms with E-state index in [1.54, 1.807) is 0 Å². The molecule has 0 radical (unpaired) electrons. The lowest BCUT2D eigenvalue weighted by atomic mass is 10.1. The minimum absolute atomic E-state index is 0.586. The van der Waals surface area contributed by atoms with Gasteiger partial charge >= 0.3 is 0 Å². The maximum Gasteiger partial charge on any atom is 0.0959 e. The van der Waals surface area contributed by atoms with Crippen molar-refractivity contribution < 1.29 is 0 Å². The van der Waals surface area contributed by atoms with Gasteiger partial charge in [0.15, 0.2) is 0 Å². The Labute approximate surface area is 109 Å². The van der Waals surface area contributed by atoms with Crippen LogP contribution in [0.15, 0.2) is 23.4 Å². The maximum atomic E-state index is 4.54. The fourth-order valence-electron chi connectivity index (χ4n) is 2.59. The molecule has 2 rings (SSSR count). The molecule has 0 spiro atoms. The van der Waals surface area contributed by atoms with Gasteiger partial charge < -0.3 is 0 Å². The Morgan fingerprint density at radius 1 is 1.47 bits per heavy atom. The van der Waals surface area contributed by atoms with Gasteiger partial charge in [0.2, 0.25) is 0 Å². The van der Waals surface area contributed by atoms with Crippen LogP contribution in [0.3, 0.4) is 0 Å². The highest BCUT2D eigenvalue weighted by Crippen LogP contribution is 2.33. The van der Waals surface area contributed by atoms with E-state index >= 15 is 0 Å². The summed E-state index contributed by atoms with van der Waals surface area (Å²) in [5.41, 5.74) is 1.39. The van der Waals surface area contributed by atoms with Crippen molar-refractivity contribution >= 4 is 11.8 Å². The van der Waals surface area contributed by atoms with E-state index < -0.39 is 0 Å². The number of likely N-dealkylation sites (tertiary alicyclic amines) is 1. The van der Waals surface area contributed by atoms with Crippen molar-refractivity contribution in [1.29, 1.82) is 0 Å². The highest BCUT2D eigenvalue weighted by Gasteiger charge is 2.27. The lowest BCUT2D eigenvalue weighted by Gasteiger charge is -2.28. The molecule has 0 unspecified atom stereocenters. The number of aromatic nitrogens is 1. The van der Waals surface area contributed by atoms with E-state index in [9.17, 15) is 0 Å². The van der Waals surface area contributed by atoms with Crippen molar-refractivity contribution in [2.45, 2.75) is 50.7 Å². The average molecular weight is 250 g/mol. The first-order chi connectivity index (χ1) is 8.22. The zero-order valence-corrected chi connectivity index (χ0v) is 11.8. The third-order valence-electron chi connectivity index (χ3n) is 3.39. The van der Waals surface area contributed by atoms with Crippen molar-refractivity contribution in [2.24, 2.45) is 0 Å². The summed E-state index contributed by atoms with van der Waals surface area (Å²) in [6.45, 7) is 7.96. The molecule has 1 fully saturated rings. The van der Waals surface area contributed by atoms with Gasteiger partial charge in [-0.3, -0.25) is 4.90 Å². The normalized spacial score (nSPS) is 21.3. The number of nitrogens with zero attached hydrogens (tertiary/aromatic N) is 2. The SMILES string of the molecule is CCSc1ccc([C@@H]2CCCN2C(C)C)cn1. The number of hydrogen-bond donors (Lipinski definition) is 0. The summed E-state index contributed by atoms with van der Waals surface area (Å²) in [5, 5.41) is 1.14. The van der Waals surface area contributed by atoms with E-state index in [4.69, 9.17) is 0 Å². The molecule has 3 heteroatoms. The number of hydrogen-bond acceptors (Lipinski definition) is 3. The molecule has 0 N–H and O–H groups in total. The minimum Gasteiger partial charge on any atom is -0.294 e. The van der Waals surface area contributed by atoms with Gasteiger partial charge in [0.05, 0.1) is 5.03 Å². The molecule has 0 saturated carbocycles. The molecule has 94 valence electrons. The monoisotopic (exact) mass is 250 g/mol. The van der Waals surface area contributed by atoms with Crippen LogP contribution in [-0.4, -0.2) is 28.2 Å². The minimum atomic E-state index is 0.586. The summed E-state index contributed by atoms with van der Waals surface area (Å²) in [5.74, 6) is 1.09. The standard InChI is InChI=1S/C14H22N2S/c1-4-17-14-8-7-12(10-15-14)13-6-5-9-16(13)11(2)3/h7-8,10-11,13H,4-6,9H2,1-3H3/t13-/m0/s1. The van der Waals surface area contributed by atoms with E-state index in [1.807, 2.05) is 11.8 Å². The Kier molecular flexibility index (Phi) is 4.46. The number of rotatable bonds is 4. The Morgan fingerprint density at radius 2 is 2.29 bits per heavy atom. The van der Waals surface area contributed by atoms with Crippen LogP contribution in [0.5, 0.6) is 0 Å². The average Bonchev–Trinajstić information content (AvgIpc) is 2.79. The molecule has 2 nitrogen and oxygen atoms in total. The largest absolute Gasteiger partial charge is 0.294 e. The third-order valence-corrected chi connectivity index (χ3v) is 4.22. The van der Waals surface area contributed by atoms with Crippen LogP contribution in [0.2, 0.25) is 0 Å². The van der Waals surface area contributed by atoms with Crippen LogP contribution in [0, 0.1) is 0 Å². The quantitative estimate of drug-likeness (QED) is 0.757. The van der Waals surface area contributed by atoms with Crippen LogP contribution in [0.4, 0.5) is 0 Å². The molecule has 0 aromatic carbocycles. The molecular formula is C14H22N2S. The van der Waals surface area contributed by atoms with Crippen LogP contribution in [0.25, 0.3) is 0 Å². The molecular weight excluding hydrogens is 228 g/mol. The zero-order valence-electron chi connectivity index (χ0n) is 11.0. The van der Waals surface area contributed by atoms with Gasteiger partial charge in [-0.05, 0) is 50.6 Å². The van der Waals surface area contributed by atoms with Crippen molar-refractivity contribution in [3.63, 3.8) is 0 Å². The summed E-state index contributed by atoms with van der Waals surface area (Å²) in [4.78, 5) is 7.13. The smallest absolute Gasteiger partial charge is 0.0959 e. The third kappa shape index (κ3) is 3.02. The van der Waals surface area contributed by atoms with Crippen molar-refractivity contribution in [2.75, 3.05) is 12.3 Å². The summed E-state index contributed by atoms with van der Waals surface area (Å²) in [6, 6.07) is 5.65. The fourth-order valence-corrected chi connectivity index (χ4v) is 3.17.